The van der Waals surface area contributed by atoms with Crippen LogP contribution in [-0.4, -0.2) is 11.8 Å². The SMILES string of the molecule is C=CCC(=O)C1(C)CCCC1N. The average Bonchev–Trinajstić information content (AvgIpc) is 2.34. The van der Waals surface area contributed by atoms with Crippen molar-refractivity contribution in [2.75, 3.05) is 0 Å². The summed E-state index contributed by atoms with van der Waals surface area (Å²) >= 11 is 0. The normalized spacial score (nSPS) is 35.0. The first-order valence-corrected chi connectivity index (χ1v) is 4.51. The fourth-order valence-corrected chi connectivity index (χ4v) is 1.90. The Morgan fingerprint density at radius 3 is 2.92 bits per heavy atom. The predicted molar refractivity (Wildman–Crippen MR) is 49.8 cm³/mol. The molecule has 0 amide bonds. The maximum Gasteiger partial charge on any atom is 0.144 e. The molecule has 0 aromatic heterocycles. The standard InChI is InChI=1S/C10H17NO/c1-3-5-9(12)10(2)7-4-6-8(10)11/h3,8H,1,4-7,11H2,2H3. The summed E-state index contributed by atoms with van der Waals surface area (Å²) in [5.41, 5.74) is 5.62. The quantitative estimate of drug-likeness (QED) is 0.649. The van der Waals surface area contributed by atoms with Gasteiger partial charge in [-0.25, -0.2) is 0 Å². The topological polar surface area (TPSA) is 43.1 Å². The average molecular weight is 167 g/mol. The van der Waals surface area contributed by atoms with Gasteiger partial charge in [0, 0.05) is 17.9 Å². The Balaban J connectivity index is 2.69. The van der Waals surface area contributed by atoms with Crippen LogP contribution in [0.4, 0.5) is 0 Å². The molecule has 1 aliphatic carbocycles. The second kappa shape index (κ2) is 3.40. The van der Waals surface area contributed by atoms with Crippen molar-refractivity contribution in [3.63, 3.8) is 0 Å². The van der Waals surface area contributed by atoms with E-state index in [1.165, 1.54) is 0 Å². The molecule has 2 nitrogen and oxygen atoms in total. The lowest BCUT2D eigenvalue weighted by Crippen LogP contribution is -2.40. The van der Waals surface area contributed by atoms with E-state index >= 15 is 0 Å². The van der Waals surface area contributed by atoms with Crippen LogP contribution < -0.4 is 5.73 Å². The number of Topliss-reactive ketones (excluding diaryl/α,β-unsaturated/α-hetero) is 1. The molecule has 68 valence electrons. The molecule has 0 aromatic rings. The molecule has 0 spiro atoms. The van der Waals surface area contributed by atoms with Gasteiger partial charge in [-0.05, 0) is 12.8 Å². The molecular weight excluding hydrogens is 150 g/mol. The van der Waals surface area contributed by atoms with E-state index in [-0.39, 0.29) is 17.2 Å². The van der Waals surface area contributed by atoms with Crippen LogP contribution in [0.15, 0.2) is 12.7 Å². The summed E-state index contributed by atoms with van der Waals surface area (Å²) in [6.07, 6.45) is 5.14. The summed E-state index contributed by atoms with van der Waals surface area (Å²) in [6, 6.07) is 0.0601. The lowest BCUT2D eigenvalue weighted by molar-refractivity contribution is -0.127. The summed E-state index contributed by atoms with van der Waals surface area (Å²) < 4.78 is 0. The van der Waals surface area contributed by atoms with Crippen LogP contribution in [0.5, 0.6) is 0 Å². The van der Waals surface area contributed by atoms with Crippen molar-refractivity contribution in [3.8, 4) is 0 Å². The monoisotopic (exact) mass is 167 g/mol. The van der Waals surface area contributed by atoms with Crippen molar-refractivity contribution < 1.29 is 4.79 Å². The van der Waals surface area contributed by atoms with Crippen LogP contribution >= 0.6 is 0 Å². The fraction of sp³-hybridized carbons (Fsp3) is 0.700. The zero-order valence-corrected chi connectivity index (χ0v) is 7.68. The number of ketones is 1. The van der Waals surface area contributed by atoms with E-state index in [0.717, 1.165) is 19.3 Å². The van der Waals surface area contributed by atoms with Crippen LogP contribution in [0.25, 0.3) is 0 Å². The molecule has 1 rings (SSSR count). The molecule has 1 fully saturated rings. The summed E-state index contributed by atoms with van der Waals surface area (Å²) in [7, 11) is 0. The minimum atomic E-state index is -0.270. The third kappa shape index (κ3) is 1.44. The Kier molecular flexibility index (Phi) is 2.68. The number of carbonyl (C=O) groups is 1. The first kappa shape index (κ1) is 9.46. The Morgan fingerprint density at radius 1 is 1.83 bits per heavy atom. The third-order valence-electron chi connectivity index (χ3n) is 3.00. The molecule has 0 radical (unpaired) electrons. The van der Waals surface area contributed by atoms with Gasteiger partial charge in [0.05, 0.1) is 0 Å². The van der Waals surface area contributed by atoms with E-state index in [1.54, 1.807) is 6.08 Å². The van der Waals surface area contributed by atoms with Crippen molar-refractivity contribution in [2.24, 2.45) is 11.1 Å². The zero-order chi connectivity index (χ0) is 9.19. The Morgan fingerprint density at radius 2 is 2.50 bits per heavy atom. The Labute approximate surface area is 73.8 Å². The van der Waals surface area contributed by atoms with Gasteiger partial charge in [0.15, 0.2) is 0 Å². The molecule has 1 aliphatic rings. The minimum Gasteiger partial charge on any atom is -0.327 e. The summed E-state index contributed by atoms with van der Waals surface area (Å²) in [4.78, 5) is 11.6. The Hall–Kier alpha value is -0.630. The molecule has 0 aliphatic heterocycles. The van der Waals surface area contributed by atoms with Gasteiger partial charge in [-0.3, -0.25) is 4.79 Å². The molecule has 12 heavy (non-hydrogen) atoms. The second-order valence-electron chi connectivity index (χ2n) is 3.83. The van der Waals surface area contributed by atoms with Gasteiger partial charge >= 0.3 is 0 Å². The van der Waals surface area contributed by atoms with Gasteiger partial charge in [0.2, 0.25) is 0 Å². The van der Waals surface area contributed by atoms with Gasteiger partial charge < -0.3 is 5.73 Å². The van der Waals surface area contributed by atoms with Crippen LogP contribution in [0, 0.1) is 5.41 Å². The van der Waals surface area contributed by atoms with E-state index in [2.05, 4.69) is 6.58 Å². The lowest BCUT2D eigenvalue weighted by Gasteiger charge is -2.26. The van der Waals surface area contributed by atoms with E-state index in [0.29, 0.717) is 6.42 Å². The highest BCUT2D eigenvalue weighted by molar-refractivity contribution is 5.86. The smallest absolute Gasteiger partial charge is 0.144 e. The lowest BCUT2D eigenvalue weighted by atomic mass is 9.79. The maximum atomic E-state index is 11.6. The summed E-state index contributed by atoms with van der Waals surface area (Å²) in [6.45, 7) is 5.55. The highest BCUT2D eigenvalue weighted by Gasteiger charge is 2.41. The Bertz CT molecular complexity index is 200. The second-order valence-corrected chi connectivity index (χ2v) is 3.83. The molecule has 1 saturated carbocycles. The third-order valence-corrected chi connectivity index (χ3v) is 3.00. The van der Waals surface area contributed by atoms with Crippen molar-refractivity contribution in [2.45, 2.75) is 38.6 Å². The number of allylic oxidation sites excluding steroid dienone is 1. The van der Waals surface area contributed by atoms with Crippen molar-refractivity contribution in [3.05, 3.63) is 12.7 Å². The maximum absolute atomic E-state index is 11.6. The van der Waals surface area contributed by atoms with Crippen LogP contribution in [-0.2, 0) is 4.79 Å². The summed E-state index contributed by atoms with van der Waals surface area (Å²) in [5.74, 6) is 0.252. The van der Waals surface area contributed by atoms with E-state index in [9.17, 15) is 4.79 Å². The van der Waals surface area contributed by atoms with Gasteiger partial charge in [-0.1, -0.05) is 19.4 Å². The van der Waals surface area contributed by atoms with E-state index in [1.807, 2.05) is 6.92 Å². The summed E-state index contributed by atoms with van der Waals surface area (Å²) in [5, 5.41) is 0. The minimum absolute atomic E-state index is 0.0601. The van der Waals surface area contributed by atoms with Gasteiger partial charge in [-0.15, -0.1) is 6.58 Å². The number of rotatable bonds is 3. The van der Waals surface area contributed by atoms with Gasteiger partial charge in [0.25, 0.3) is 0 Å². The number of hydrogen-bond acceptors (Lipinski definition) is 2. The van der Waals surface area contributed by atoms with E-state index < -0.39 is 0 Å². The van der Waals surface area contributed by atoms with Crippen molar-refractivity contribution in [1.82, 2.24) is 0 Å². The first-order valence-electron chi connectivity index (χ1n) is 4.51. The fourth-order valence-electron chi connectivity index (χ4n) is 1.90. The largest absolute Gasteiger partial charge is 0.327 e. The van der Waals surface area contributed by atoms with Crippen molar-refractivity contribution in [1.29, 1.82) is 0 Å². The molecule has 0 bridgehead atoms. The number of nitrogens with two attached hydrogens (primary N) is 1. The highest BCUT2D eigenvalue weighted by atomic mass is 16.1. The number of carbonyl (C=O) groups excluding carboxylic acids is 1. The molecule has 0 heterocycles. The zero-order valence-electron chi connectivity index (χ0n) is 7.68. The van der Waals surface area contributed by atoms with Crippen molar-refractivity contribution >= 4 is 5.78 Å². The van der Waals surface area contributed by atoms with Crippen LogP contribution in [0.2, 0.25) is 0 Å². The van der Waals surface area contributed by atoms with Crippen LogP contribution in [0.1, 0.15) is 32.6 Å². The molecule has 2 heteroatoms. The van der Waals surface area contributed by atoms with Gasteiger partial charge in [0.1, 0.15) is 5.78 Å². The first-order chi connectivity index (χ1) is 5.61. The van der Waals surface area contributed by atoms with Gasteiger partial charge in [-0.2, -0.15) is 0 Å². The molecule has 0 saturated heterocycles. The molecule has 2 atom stereocenters. The number of hydrogen-bond donors (Lipinski definition) is 1. The predicted octanol–water partition coefficient (Wildman–Crippen LogP) is 1.65. The molecule has 2 N–H and O–H groups in total. The highest BCUT2D eigenvalue weighted by Crippen LogP contribution is 2.38. The molecular formula is C10H17NO. The van der Waals surface area contributed by atoms with E-state index in [4.69, 9.17) is 5.73 Å². The van der Waals surface area contributed by atoms with Crippen LogP contribution in [0.3, 0.4) is 0 Å². The molecule has 2 unspecified atom stereocenters. The molecule has 0 aromatic carbocycles.